The molecule has 4 nitrogen and oxygen atoms in total. The largest absolute Gasteiger partial charge is 0.395 e. The lowest BCUT2D eigenvalue weighted by Gasteiger charge is -2.23. The van der Waals surface area contributed by atoms with Crippen molar-refractivity contribution in [1.82, 2.24) is 10.2 Å². The van der Waals surface area contributed by atoms with Crippen LogP contribution in [0.5, 0.6) is 0 Å². The summed E-state index contributed by atoms with van der Waals surface area (Å²) in [5, 5.41) is 12.2. The first-order valence-electron chi connectivity index (χ1n) is 5.83. The second kappa shape index (κ2) is 7.17. The molecule has 90 valence electrons. The summed E-state index contributed by atoms with van der Waals surface area (Å²) in [4.78, 5) is 2.48. The number of hydrogen-bond acceptors (Lipinski definition) is 4. The number of nitrogens with one attached hydrogen (secondary N) is 1. The monoisotopic (exact) mass is 216 g/mol. The highest BCUT2D eigenvalue weighted by atomic mass is 16.5. The van der Waals surface area contributed by atoms with Crippen molar-refractivity contribution < 1.29 is 9.84 Å². The van der Waals surface area contributed by atoms with E-state index in [0.717, 1.165) is 32.2 Å². The number of ether oxygens (including phenoxy) is 1. The van der Waals surface area contributed by atoms with Gasteiger partial charge in [0.2, 0.25) is 0 Å². The van der Waals surface area contributed by atoms with Crippen LogP contribution in [0.3, 0.4) is 0 Å². The summed E-state index contributed by atoms with van der Waals surface area (Å²) in [5.74, 6) is 0. The van der Waals surface area contributed by atoms with Crippen LogP contribution >= 0.6 is 0 Å². The first kappa shape index (κ1) is 12.9. The van der Waals surface area contributed by atoms with Gasteiger partial charge in [-0.1, -0.05) is 0 Å². The maximum Gasteiger partial charge on any atom is 0.0589 e. The predicted molar refractivity (Wildman–Crippen MR) is 61.0 cm³/mol. The number of hydrogen-bond donors (Lipinski definition) is 2. The summed E-state index contributed by atoms with van der Waals surface area (Å²) >= 11 is 0. The van der Waals surface area contributed by atoms with Crippen LogP contribution in [0.4, 0.5) is 0 Å². The van der Waals surface area contributed by atoms with Crippen LogP contribution in [0.2, 0.25) is 0 Å². The molecule has 1 saturated carbocycles. The third-order valence-corrected chi connectivity index (χ3v) is 3.04. The molecule has 0 bridgehead atoms. The highest BCUT2D eigenvalue weighted by molar-refractivity contribution is 4.85. The van der Waals surface area contributed by atoms with Crippen LogP contribution in [0.25, 0.3) is 0 Å². The van der Waals surface area contributed by atoms with E-state index < -0.39 is 0 Å². The fraction of sp³-hybridized carbons (Fsp3) is 1.00. The van der Waals surface area contributed by atoms with Gasteiger partial charge in [0.25, 0.3) is 0 Å². The number of methoxy groups -OCH3 is 1. The van der Waals surface area contributed by atoms with E-state index in [1.165, 1.54) is 12.8 Å². The van der Waals surface area contributed by atoms with Crippen LogP contribution in [0.1, 0.15) is 19.3 Å². The number of aliphatic hydroxyl groups is 1. The van der Waals surface area contributed by atoms with Gasteiger partial charge in [-0.05, 0) is 26.3 Å². The molecule has 1 unspecified atom stereocenters. The van der Waals surface area contributed by atoms with Crippen molar-refractivity contribution in [3.05, 3.63) is 0 Å². The van der Waals surface area contributed by atoms with E-state index in [9.17, 15) is 0 Å². The summed E-state index contributed by atoms with van der Waals surface area (Å²) in [6, 6.07) is 1.00. The first-order chi connectivity index (χ1) is 7.31. The third kappa shape index (κ3) is 4.93. The van der Waals surface area contributed by atoms with Gasteiger partial charge in [0.15, 0.2) is 0 Å². The number of nitrogens with zero attached hydrogens (tertiary/aromatic N) is 1. The summed E-state index contributed by atoms with van der Waals surface area (Å²) in [6.07, 6.45) is 3.66. The molecule has 0 saturated heterocycles. The smallest absolute Gasteiger partial charge is 0.0589 e. The Balaban J connectivity index is 2.18. The Morgan fingerprint density at radius 2 is 2.20 bits per heavy atom. The lowest BCUT2D eigenvalue weighted by atomic mass is 10.2. The van der Waals surface area contributed by atoms with E-state index in [4.69, 9.17) is 9.84 Å². The quantitative estimate of drug-likeness (QED) is 0.572. The van der Waals surface area contributed by atoms with Gasteiger partial charge in [0.1, 0.15) is 0 Å². The highest BCUT2D eigenvalue weighted by Crippen LogP contribution is 2.26. The summed E-state index contributed by atoms with van der Waals surface area (Å²) in [7, 11) is 3.65. The standard InChI is InChI=1S/C11H24N2O2/c1-12-10(9-14)5-6-13(7-8-15-2)11-3-4-11/h10-12,14H,3-9H2,1-2H3. The molecule has 0 aromatic carbocycles. The fourth-order valence-electron chi connectivity index (χ4n) is 1.77. The molecule has 0 heterocycles. The lowest BCUT2D eigenvalue weighted by molar-refractivity contribution is 0.136. The second-order valence-corrected chi connectivity index (χ2v) is 4.22. The van der Waals surface area contributed by atoms with Gasteiger partial charge in [-0.3, -0.25) is 4.90 Å². The zero-order chi connectivity index (χ0) is 11.1. The maximum atomic E-state index is 9.06. The molecular formula is C11H24N2O2. The van der Waals surface area contributed by atoms with Crippen molar-refractivity contribution in [3.63, 3.8) is 0 Å². The van der Waals surface area contributed by atoms with Gasteiger partial charge >= 0.3 is 0 Å². The molecule has 0 spiro atoms. The van der Waals surface area contributed by atoms with Crippen molar-refractivity contribution in [2.75, 3.05) is 40.5 Å². The Labute approximate surface area is 92.6 Å². The SMILES string of the molecule is CNC(CO)CCN(CCOC)C1CC1. The van der Waals surface area contributed by atoms with Gasteiger partial charge in [-0.15, -0.1) is 0 Å². The predicted octanol–water partition coefficient (Wildman–Crippen LogP) is 0.0676. The van der Waals surface area contributed by atoms with Crippen LogP contribution < -0.4 is 5.32 Å². The van der Waals surface area contributed by atoms with Crippen LogP contribution in [-0.2, 0) is 4.74 Å². The topological polar surface area (TPSA) is 44.7 Å². The van der Waals surface area contributed by atoms with Gasteiger partial charge < -0.3 is 15.2 Å². The van der Waals surface area contributed by atoms with Gasteiger partial charge in [-0.2, -0.15) is 0 Å². The normalized spacial score (nSPS) is 18.4. The number of likely N-dealkylation sites (N-methyl/N-ethyl adjacent to an activating group) is 1. The first-order valence-corrected chi connectivity index (χ1v) is 5.83. The third-order valence-electron chi connectivity index (χ3n) is 3.04. The second-order valence-electron chi connectivity index (χ2n) is 4.22. The van der Waals surface area contributed by atoms with Crippen molar-refractivity contribution in [2.24, 2.45) is 0 Å². The van der Waals surface area contributed by atoms with E-state index in [0.29, 0.717) is 0 Å². The van der Waals surface area contributed by atoms with E-state index in [1.54, 1.807) is 7.11 Å². The molecule has 1 fully saturated rings. The van der Waals surface area contributed by atoms with Crippen LogP contribution in [0.15, 0.2) is 0 Å². The molecular weight excluding hydrogens is 192 g/mol. The van der Waals surface area contributed by atoms with Crippen molar-refractivity contribution >= 4 is 0 Å². The van der Waals surface area contributed by atoms with Gasteiger partial charge in [0, 0.05) is 32.3 Å². The molecule has 1 aliphatic rings. The van der Waals surface area contributed by atoms with Crippen molar-refractivity contribution in [2.45, 2.75) is 31.3 Å². The molecule has 0 aliphatic heterocycles. The average molecular weight is 216 g/mol. The molecule has 1 atom stereocenters. The van der Waals surface area contributed by atoms with Crippen molar-refractivity contribution in [1.29, 1.82) is 0 Å². The average Bonchev–Trinajstić information content (AvgIpc) is 3.07. The maximum absolute atomic E-state index is 9.06. The Morgan fingerprint density at radius 3 is 2.67 bits per heavy atom. The number of rotatable bonds is 9. The number of aliphatic hydroxyl groups excluding tert-OH is 1. The molecule has 1 rings (SSSR count). The highest BCUT2D eigenvalue weighted by Gasteiger charge is 2.28. The molecule has 15 heavy (non-hydrogen) atoms. The van der Waals surface area contributed by atoms with Gasteiger partial charge in [-0.25, -0.2) is 0 Å². The van der Waals surface area contributed by atoms with E-state index in [1.807, 2.05) is 7.05 Å². The molecule has 0 aromatic rings. The minimum absolute atomic E-state index is 0.222. The fourth-order valence-corrected chi connectivity index (χ4v) is 1.77. The summed E-state index contributed by atoms with van der Waals surface area (Å²) < 4.78 is 5.10. The van der Waals surface area contributed by atoms with Crippen LogP contribution in [0, 0.1) is 0 Å². The van der Waals surface area contributed by atoms with E-state index >= 15 is 0 Å². The molecule has 1 aliphatic carbocycles. The minimum atomic E-state index is 0.222. The molecule has 2 N–H and O–H groups in total. The van der Waals surface area contributed by atoms with Crippen molar-refractivity contribution in [3.8, 4) is 0 Å². The van der Waals surface area contributed by atoms with E-state index in [-0.39, 0.29) is 12.6 Å². The van der Waals surface area contributed by atoms with E-state index in [2.05, 4.69) is 10.2 Å². The minimum Gasteiger partial charge on any atom is -0.395 e. The van der Waals surface area contributed by atoms with Crippen LogP contribution in [-0.4, -0.2) is 62.6 Å². The Hall–Kier alpha value is -0.160. The Bertz CT molecular complexity index is 159. The van der Waals surface area contributed by atoms with Gasteiger partial charge in [0.05, 0.1) is 13.2 Å². The Morgan fingerprint density at radius 1 is 1.47 bits per heavy atom. The molecule has 0 aromatic heterocycles. The Kier molecular flexibility index (Phi) is 6.17. The zero-order valence-corrected chi connectivity index (χ0v) is 9.91. The summed E-state index contributed by atoms with van der Waals surface area (Å²) in [5.41, 5.74) is 0. The molecule has 4 heteroatoms. The zero-order valence-electron chi connectivity index (χ0n) is 9.91. The molecule has 0 amide bonds. The lowest BCUT2D eigenvalue weighted by Crippen LogP contribution is -2.37. The summed E-state index contributed by atoms with van der Waals surface area (Å²) in [6.45, 7) is 3.10. The molecule has 0 radical (unpaired) electrons.